The van der Waals surface area contributed by atoms with Crippen molar-refractivity contribution < 1.29 is 4.79 Å². The SMILES string of the molecule is CCCCCCn1c(S[C@@H](C)C(=O)Nc2ccc(Cl)cn2)nc2ccccc21. The quantitative estimate of drug-likeness (QED) is 0.354. The van der Waals surface area contributed by atoms with Gasteiger partial charge in [0.05, 0.1) is 21.3 Å². The summed E-state index contributed by atoms with van der Waals surface area (Å²) < 4.78 is 2.24. The number of hydrogen-bond donors (Lipinski definition) is 1. The third-order valence-corrected chi connectivity index (χ3v) is 5.80. The molecule has 0 saturated carbocycles. The molecule has 1 aromatic carbocycles. The zero-order valence-corrected chi connectivity index (χ0v) is 17.8. The first-order valence-electron chi connectivity index (χ1n) is 9.63. The Morgan fingerprint density at radius 3 is 2.79 bits per heavy atom. The van der Waals surface area contributed by atoms with E-state index < -0.39 is 0 Å². The highest BCUT2D eigenvalue weighted by Crippen LogP contribution is 2.28. The van der Waals surface area contributed by atoms with Crippen molar-refractivity contribution in [3.05, 3.63) is 47.6 Å². The van der Waals surface area contributed by atoms with Gasteiger partial charge in [0.15, 0.2) is 5.16 Å². The number of benzene rings is 1. The zero-order valence-electron chi connectivity index (χ0n) is 16.2. The fraction of sp³-hybridized carbons (Fsp3) is 0.381. The summed E-state index contributed by atoms with van der Waals surface area (Å²) in [5.41, 5.74) is 2.08. The van der Waals surface area contributed by atoms with Gasteiger partial charge in [-0.15, -0.1) is 0 Å². The van der Waals surface area contributed by atoms with Crippen LogP contribution in [0.15, 0.2) is 47.8 Å². The smallest absolute Gasteiger partial charge is 0.238 e. The third kappa shape index (κ3) is 5.26. The van der Waals surface area contributed by atoms with E-state index in [1.54, 1.807) is 12.1 Å². The molecule has 1 N–H and O–H groups in total. The maximum Gasteiger partial charge on any atom is 0.238 e. The average molecular weight is 417 g/mol. The summed E-state index contributed by atoms with van der Waals surface area (Å²) in [5, 5.41) is 3.95. The van der Waals surface area contributed by atoms with Crippen LogP contribution in [0.1, 0.15) is 39.5 Å². The van der Waals surface area contributed by atoms with Gasteiger partial charge in [-0.3, -0.25) is 4.79 Å². The molecule has 0 radical (unpaired) electrons. The van der Waals surface area contributed by atoms with Crippen molar-refractivity contribution in [1.82, 2.24) is 14.5 Å². The monoisotopic (exact) mass is 416 g/mol. The molecule has 0 bridgehead atoms. The van der Waals surface area contributed by atoms with Crippen molar-refractivity contribution in [1.29, 1.82) is 0 Å². The number of aromatic nitrogens is 3. The molecule has 3 rings (SSSR count). The number of para-hydroxylation sites is 2. The van der Waals surface area contributed by atoms with Crippen LogP contribution in [0.4, 0.5) is 5.82 Å². The van der Waals surface area contributed by atoms with Gasteiger partial charge >= 0.3 is 0 Å². The molecule has 148 valence electrons. The van der Waals surface area contributed by atoms with Crippen LogP contribution in [-0.4, -0.2) is 25.7 Å². The lowest BCUT2D eigenvalue weighted by atomic mass is 10.2. The summed E-state index contributed by atoms with van der Waals surface area (Å²) in [6.45, 7) is 5.01. The number of carbonyl (C=O) groups is 1. The van der Waals surface area contributed by atoms with E-state index in [0.29, 0.717) is 10.8 Å². The Bertz CT molecular complexity index is 926. The van der Waals surface area contributed by atoms with Crippen LogP contribution < -0.4 is 5.32 Å². The summed E-state index contributed by atoms with van der Waals surface area (Å²) in [4.78, 5) is 21.5. The molecular weight excluding hydrogens is 392 g/mol. The Balaban J connectivity index is 1.72. The molecule has 1 amide bonds. The molecule has 2 heterocycles. The van der Waals surface area contributed by atoms with Gasteiger partial charge in [0.1, 0.15) is 5.82 Å². The van der Waals surface area contributed by atoms with E-state index in [1.165, 1.54) is 37.2 Å². The number of imidazole rings is 1. The minimum atomic E-state index is -0.302. The van der Waals surface area contributed by atoms with Gasteiger partial charge in [-0.1, -0.05) is 61.7 Å². The van der Waals surface area contributed by atoms with Gasteiger partial charge in [-0.2, -0.15) is 0 Å². The fourth-order valence-corrected chi connectivity index (χ4v) is 4.01. The zero-order chi connectivity index (χ0) is 19.9. The molecule has 2 aromatic heterocycles. The minimum Gasteiger partial charge on any atom is -0.319 e. The number of nitrogens with zero attached hydrogens (tertiary/aromatic N) is 3. The second kappa shape index (κ2) is 9.94. The van der Waals surface area contributed by atoms with Crippen molar-refractivity contribution in [2.45, 2.75) is 56.5 Å². The molecular formula is C21H25ClN4OS. The highest BCUT2D eigenvalue weighted by Gasteiger charge is 2.19. The number of rotatable bonds is 9. The maximum absolute atomic E-state index is 12.6. The summed E-state index contributed by atoms with van der Waals surface area (Å²) in [6.07, 6.45) is 6.28. The number of nitrogens with one attached hydrogen (secondary N) is 1. The lowest BCUT2D eigenvalue weighted by molar-refractivity contribution is -0.115. The number of pyridine rings is 1. The van der Waals surface area contributed by atoms with Crippen molar-refractivity contribution in [2.75, 3.05) is 5.32 Å². The summed E-state index contributed by atoms with van der Waals surface area (Å²) in [6, 6.07) is 11.5. The normalized spacial score (nSPS) is 12.2. The molecule has 3 aromatic rings. The Hall–Kier alpha value is -2.05. The number of halogens is 1. The number of carbonyl (C=O) groups excluding carboxylic acids is 1. The van der Waals surface area contributed by atoms with E-state index in [2.05, 4.69) is 27.9 Å². The Morgan fingerprint density at radius 2 is 2.04 bits per heavy atom. The molecule has 0 aliphatic rings. The second-order valence-electron chi connectivity index (χ2n) is 6.71. The van der Waals surface area contributed by atoms with Gasteiger partial charge in [0.25, 0.3) is 0 Å². The Kier molecular flexibility index (Phi) is 7.34. The maximum atomic E-state index is 12.6. The standard InChI is InChI=1S/C21H25ClN4OS/c1-3-4-5-8-13-26-18-10-7-6-9-17(18)24-21(26)28-15(2)20(27)25-19-12-11-16(22)14-23-19/h6-7,9-12,14-15H,3-5,8,13H2,1-2H3,(H,23,25,27)/t15-/m0/s1. The van der Waals surface area contributed by atoms with Crippen molar-refractivity contribution in [3.63, 3.8) is 0 Å². The van der Waals surface area contributed by atoms with Crippen LogP contribution in [-0.2, 0) is 11.3 Å². The lowest BCUT2D eigenvalue weighted by Gasteiger charge is -2.13. The van der Waals surface area contributed by atoms with Crippen LogP contribution in [0.2, 0.25) is 5.02 Å². The van der Waals surface area contributed by atoms with Gasteiger partial charge < -0.3 is 9.88 Å². The van der Waals surface area contributed by atoms with Gasteiger partial charge in [0.2, 0.25) is 5.91 Å². The molecule has 0 saturated heterocycles. The summed E-state index contributed by atoms with van der Waals surface area (Å²) in [5.74, 6) is 0.388. The molecule has 0 aliphatic heterocycles. The molecule has 0 fully saturated rings. The lowest BCUT2D eigenvalue weighted by Crippen LogP contribution is -2.23. The highest BCUT2D eigenvalue weighted by atomic mass is 35.5. The number of aryl methyl sites for hydroxylation is 1. The first-order valence-corrected chi connectivity index (χ1v) is 10.9. The van der Waals surface area contributed by atoms with E-state index in [9.17, 15) is 4.79 Å². The van der Waals surface area contributed by atoms with Crippen LogP contribution in [0.5, 0.6) is 0 Å². The molecule has 28 heavy (non-hydrogen) atoms. The van der Waals surface area contributed by atoms with E-state index >= 15 is 0 Å². The highest BCUT2D eigenvalue weighted by molar-refractivity contribution is 8.00. The molecule has 0 spiro atoms. The fourth-order valence-electron chi connectivity index (χ4n) is 2.95. The van der Waals surface area contributed by atoms with Crippen molar-refractivity contribution in [2.24, 2.45) is 0 Å². The van der Waals surface area contributed by atoms with Crippen LogP contribution in [0, 0.1) is 0 Å². The predicted molar refractivity (Wildman–Crippen MR) is 117 cm³/mol. The number of amides is 1. The van der Waals surface area contributed by atoms with E-state index in [-0.39, 0.29) is 11.2 Å². The number of fused-ring (bicyclic) bond motifs is 1. The third-order valence-electron chi connectivity index (χ3n) is 4.48. The predicted octanol–water partition coefficient (Wildman–Crippen LogP) is 5.78. The second-order valence-corrected chi connectivity index (χ2v) is 8.45. The molecule has 0 aliphatic carbocycles. The Morgan fingerprint density at radius 1 is 1.21 bits per heavy atom. The first-order chi connectivity index (χ1) is 13.6. The van der Waals surface area contributed by atoms with Crippen LogP contribution >= 0.6 is 23.4 Å². The number of hydrogen-bond acceptors (Lipinski definition) is 4. The van der Waals surface area contributed by atoms with Gasteiger partial charge in [-0.25, -0.2) is 9.97 Å². The number of unbranched alkanes of at least 4 members (excludes halogenated alkanes) is 3. The topological polar surface area (TPSA) is 59.8 Å². The number of anilines is 1. The Labute approximate surface area is 174 Å². The van der Waals surface area contributed by atoms with Gasteiger partial charge in [-0.05, 0) is 37.6 Å². The first kappa shape index (κ1) is 20.7. The average Bonchev–Trinajstić information content (AvgIpc) is 3.04. The largest absolute Gasteiger partial charge is 0.319 e. The van der Waals surface area contributed by atoms with E-state index in [1.807, 2.05) is 25.1 Å². The van der Waals surface area contributed by atoms with E-state index in [0.717, 1.165) is 29.2 Å². The van der Waals surface area contributed by atoms with Crippen LogP contribution in [0.3, 0.4) is 0 Å². The van der Waals surface area contributed by atoms with Crippen LogP contribution in [0.25, 0.3) is 11.0 Å². The minimum absolute atomic E-state index is 0.107. The molecule has 7 heteroatoms. The van der Waals surface area contributed by atoms with Crippen molar-refractivity contribution >= 4 is 46.1 Å². The summed E-state index contributed by atoms with van der Waals surface area (Å²) >= 11 is 7.32. The van der Waals surface area contributed by atoms with E-state index in [4.69, 9.17) is 16.6 Å². The van der Waals surface area contributed by atoms with Gasteiger partial charge in [0, 0.05) is 12.7 Å². The number of thioether (sulfide) groups is 1. The molecule has 0 unspecified atom stereocenters. The molecule has 1 atom stereocenters. The summed E-state index contributed by atoms with van der Waals surface area (Å²) in [7, 11) is 0. The van der Waals surface area contributed by atoms with Crippen molar-refractivity contribution in [3.8, 4) is 0 Å². The molecule has 5 nitrogen and oxygen atoms in total.